The first-order chi connectivity index (χ1) is 8.10. The van der Waals surface area contributed by atoms with Crippen molar-refractivity contribution in [1.29, 1.82) is 0 Å². The summed E-state index contributed by atoms with van der Waals surface area (Å²) in [6.45, 7) is 1.70. The summed E-state index contributed by atoms with van der Waals surface area (Å²) in [5, 5.41) is 10.0. The van der Waals surface area contributed by atoms with Crippen LogP contribution < -0.4 is 0 Å². The summed E-state index contributed by atoms with van der Waals surface area (Å²) in [6.07, 6.45) is 4.43. The van der Waals surface area contributed by atoms with E-state index in [0.29, 0.717) is 18.4 Å². The van der Waals surface area contributed by atoms with Crippen LogP contribution in [0.5, 0.6) is 5.75 Å². The van der Waals surface area contributed by atoms with Gasteiger partial charge in [0.25, 0.3) is 0 Å². The second-order valence-corrected chi connectivity index (χ2v) is 4.53. The van der Waals surface area contributed by atoms with Gasteiger partial charge in [-0.05, 0) is 31.4 Å². The van der Waals surface area contributed by atoms with Gasteiger partial charge in [0, 0.05) is 0 Å². The Morgan fingerprint density at radius 1 is 1.41 bits per heavy atom. The number of hydrogen-bond donors (Lipinski definition) is 1. The van der Waals surface area contributed by atoms with Crippen LogP contribution in [0.1, 0.15) is 36.8 Å². The van der Waals surface area contributed by atoms with Gasteiger partial charge < -0.3 is 5.11 Å². The maximum absolute atomic E-state index is 13.9. The van der Waals surface area contributed by atoms with Crippen molar-refractivity contribution in [3.63, 3.8) is 0 Å². The Bertz CT molecular complexity index is 486. The molecule has 1 aliphatic rings. The minimum Gasteiger partial charge on any atom is -0.507 e. The zero-order valence-corrected chi connectivity index (χ0v) is 9.66. The van der Waals surface area contributed by atoms with E-state index >= 15 is 0 Å². The van der Waals surface area contributed by atoms with Crippen LogP contribution in [0, 0.1) is 12.7 Å². The van der Waals surface area contributed by atoms with E-state index in [-0.39, 0.29) is 11.3 Å². The van der Waals surface area contributed by atoms with Crippen LogP contribution in [0.4, 0.5) is 4.39 Å². The summed E-state index contributed by atoms with van der Waals surface area (Å²) < 4.78 is 13.9. The highest BCUT2D eigenvalue weighted by Crippen LogP contribution is 2.47. The molecule has 0 saturated heterocycles. The van der Waals surface area contributed by atoms with Gasteiger partial charge in [0.05, 0.1) is 5.56 Å². The second kappa shape index (κ2) is 4.30. The van der Waals surface area contributed by atoms with E-state index in [1.54, 1.807) is 6.92 Å². The first-order valence-electron chi connectivity index (χ1n) is 5.68. The number of carbonyl (C=O) groups excluding carboxylic acids is 1. The third kappa shape index (κ3) is 1.85. The van der Waals surface area contributed by atoms with E-state index in [1.807, 2.05) is 0 Å². The summed E-state index contributed by atoms with van der Waals surface area (Å²) in [5.74, 6) is -0.597. The summed E-state index contributed by atoms with van der Waals surface area (Å²) in [4.78, 5) is 14.3. The first kappa shape index (κ1) is 11.8. The summed E-state index contributed by atoms with van der Waals surface area (Å²) in [7, 11) is 0. The molecule has 17 heavy (non-hydrogen) atoms. The molecule has 1 aromatic rings. The predicted octanol–water partition coefficient (Wildman–Crippen LogP) is 2.94. The van der Waals surface area contributed by atoms with E-state index in [9.17, 15) is 14.3 Å². The van der Waals surface area contributed by atoms with Gasteiger partial charge in [0.15, 0.2) is 0 Å². The second-order valence-electron chi connectivity index (χ2n) is 4.53. The minimum atomic E-state index is -0.915. The monoisotopic (exact) mass is 235 g/mol. The molecule has 1 aliphatic carbocycles. The molecule has 3 nitrogen and oxygen atoms in total. The first-order valence-corrected chi connectivity index (χ1v) is 5.68. The van der Waals surface area contributed by atoms with Crippen LogP contribution >= 0.6 is 0 Å². The van der Waals surface area contributed by atoms with Gasteiger partial charge >= 0.3 is 0 Å². The molecule has 0 bridgehead atoms. The number of aryl methyl sites for hydroxylation is 1. The Morgan fingerprint density at radius 3 is 2.65 bits per heavy atom. The lowest BCUT2D eigenvalue weighted by molar-refractivity contribution is 0.386. The molecule has 0 amide bonds. The molecule has 1 aromatic carbocycles. The van der Waals surface area contributed by atoms with Gasteiger partial charge in [0.2, 0.25) is 6.08 Å². The number of aromatic hydroxyl groups is 1. The lowest BCUT2D eigenvalue weighted by atomic mass is 9.86. The van der Waals surface area contributed by atoms with Crippen molar-refractivity contribution in [1.82, 2.24) is 0 Å². The van der Waals surface area contributed by atoms with Gasteiger partial charge in [-0.3, -0.25) is 0 Å². The molecule has 0 radical (unpaired) electrons. The number of hydrogen-bond acceptors (Lipinski definition) is 3. The summed E-state index contributed by atoms with van der Waals surface area (Å²) in [5.41, 5.74) is -0.172. The van der Waals surface area contributed by atoms with Gasteiger partial charge in [-0.1, -0.05) is 18.9 Å². The van der Waals surface area contributed by atoms with E-state index in [1.165, 1.54) is 18.2 Å². The number of isocyanates is 1. The van der Waals surface area contributed by atoms with Crippen molar-refractivity contribution in [3.8, 4) is 5.75 Å². The maximum Gasteiger partial charge on any atom is 0.235 e. The predicted molar refractivity (Wildman–Crippen MR) is 61.1 cm³/mol. The van der Waals surface area contributed by atoms with E-state index in [4.69, 9.17) is 0 Å². The molecule has 0 aliphatic heterocycles. The number of halogens is 1. The Balaban J connectivity index is 2.65. The zero-order chi connectivity index (χ0) is 12.5. The zero-order valence-electron chi connectivity index (χ0n) is 9.66. The molecule has 0 aromatic heterocycles. The Hall–Kier alpha value is -1.67. The number of rotatable bonds is 2. The topological polar surface area (TPSA) is 49.7 Å². The number of phenols is 1. The average Bonchev–Trinajstić information content (AvgIpc) is 2.74. The van der Waals surface area contributed by atoms with Crippen LogP contribution in [0.25, 0.3) is 0 Å². The van der Waals surface area contributed by atoms with Crippen molar-refractivity contribution in [2.24, 2.45) is 4.99 Å². The normalized spacial score (nSPS) is 17.8. The van der Waals surface area contributed by atoms with Gasteiger partial charge in [-0.2, -0.15) is 4.99 Å². The average molecular weight is 235 g/mol. The van der Waals surface area contributed by atoms with Gasteiger partial charge in [-0.25, -0.2) is 9.18 Å². The van der Waals surface area contributed by atoms with Crippen LogP contribution in [0.15, 0.2) is 17.1 Å². The van der Waals surface area contributed by atoms with Crippen LogP contribution in [0.2, 0.25) is 0 Å². The Morgan fingerprint density at radius 2 is 2.06 bits per heavy atom. The fraction of sp³-hybridized carbons (Fsp3) is 0.462. The highest BCUT2D eigenvalue weighted by molar-refractivity contribution is 5.48. The molecule has 2 rings (SSSR count). The van der Waals surface area contributed by atoms with Crippen molar-refractivity contribution < 1.29 is 14.3 Å². The molecular weight excluding hydrogens is 221 g/mol. The van der Waals surface area contributed by atoms with Gasteiger partial charge in [-0.15, -0.1) is 0 Å². The molecule has 1 N–H and O–H groups in total. The number of phenolic OH excluding ortho intramolecular Hbond substituents is 1. The minimum absolute atomic E-state index is 0.0918. The standard InChI is InChI=1S/C13H14FNO2/c1-9-4-5-10(14)11(12(9)17)13(15-8-16)6-2-3-7-13/h4-5,17H,2-3,6-7H2,1H3. The van der Waals surface area contributed by atoms with Gasteiger partial charge in [0.1, 0.15) is 17.1 Å². The van der Waals surface area contributed by atoms with Crippen LogP contribution in [-0.2, 0) is 10.3 Å². The molecule has 1 fully saturated rings. The molecule has 0 unspecified atom stereocenters. The molecule has 0 heterocycles. The maximum atomic E-state index is 13.9. The molecular formula is C13H14FNO2. The van der Waals surface area contributed by atoms with E-state index in [0.717, 1.165) is 12.8 Å². The Labute approximate surface area is 99.0 Å². The summed E-state index contributed by atoms with van der Waals surface area (Å²) in [6, 6.07) is 2.83. The summed E-state index contributed by atoms with van der Waals surface area (Å²) >= 11 is 0. The van der Waals surface area contributed by atoms with E-state index < -0.39 is 11.4 Å². The quantitative estimate of drug-likeness (QED) is 0.633. The van der Waals surface area contributed by atoms with Crippen LogP contribution in [-0.4, -0.2) is 11.2 Å². The lowest BCUT2D eigenvalue weighted by Gasteiger charge is -2.25. The third-order valence-electron chi connectivity index (χ3n) is 3.48. The van der Waals surface area contributed by atoms with Crippen molar-refractivity contribution in [2.45, 2.75) is 38.1 Å². The number of benzene rings is 1. The molecule has 4 heteroatoms. The SMILES string of the molecule is Cc1ccc(F)c(C2(N=C=O)CCCC2)c1O. The lowest BCUT2D eigenvalue weighted by Crippen LogP contribution is -2.21. The van der Waals surface area contributed by atoms with Crippen molar-refractivity contribution in [3.05, 3.63) is 29.1 Å². The molecule has 1 saturated carbocycles. The molecule has 0 spiro atoms. The van der Waals surface area contributed by atoms with Crippen molar-refractivity contribution in [2.75, 3.05) is 0 Å². The number of nitrogens with zero attached hydrogens (tertiary/aromatic N) is 1. The van der Waals surface area contributed by atoms with E-state index in [2.05, 4.69) is 4.99 Å². The number of aliphatic imine (C=N–C) groups is 1. The van der Waals surface area contributed by atoms with Crippen molar-refractivity contribution >= 4 is 6.08 Å². The third-order valence-corrected chi connectivity index (χ3v) is 3.48. The molecule has 90 valence electrons. The fourth-order valence-corrected chi connectivity index (χ4v) is 2.58. The smallest absolute Gasteiger partial charge is 0.235 e. The van der Waals surface area contributed by atoms with Crippen LogP contribution in [0.3, 0.4) is 0 Å². The largest absolute Gasteiger partial charge is 0.507 e. The highest BCUT2D eigenvalue weighted by Gasteiger charge is 2.40. The Kier molecular flexibility index (Phi) is 2.99. The molecule has 0 atom stereocenters. The fourth-order valence-electron chi connectivity index (χ4n) is 2.58. The highest BCUT2D eigenvalue weighted by atomic mass is 19.1.